The minimum absolute atomic E-state index is 0.0328. The number of aliphatic hydroxyl groups is 1. The van der Waals surface area contributed by atoms with Crippen LogP contribution in [-0.2, 0) is 22.6 Å². The molecule has 0 aliphatic carbocycles. The Morgan fingerprint density at radius 3 is 1.90 bits per heavy atom. The number of carbonyl (C=O) groups excluding carboxylic acids is 1. The summed E-state index contributed by atoms with van der Waals surface area (Å²) in [6.07, 6.45) is 2.30. The zero-order chi connectivity index (χ0) is 28.2. The van der Waals surface area contributed by atoms with Gasteiger partial charge in [0.05, 0.1) is 19.1 Å². The number of nitrogens with zero attached hydrogens (tertiary/aromatic N) is 4. The number of fused-ring (bicyclic) bond motifs is 2. The van der Waals surface area contributed by atoms with Gasteiger partial charge in [0.2, 0.25) is 0 Å². The van der Waals surface area contributed by atoms with E-state index in [1.807, 2.05) is 6.07 Å². The van der Waals surface area contributed by atoms with Gasteiger partial charge in [0.25, 0.3) is 0 Å². The van der Waals surface area contributed by atoms with Crippen LogP contribution in [0.2, 0.25) is 0 Å². The quantitative estimate of drug-likeness (QED) is 0.557. The predicted molar refractivity (Wildman–Crippen MR) is 159 cm³/mol. The van der Waals surface area contributed by atoms with Crippen LogP contribution < -0.4 is 0 Å². The van der Waals surface area contributed by atoms with E-state index in [0.29, 0.717) is 18.4 Å². The third-order valence-corrected chi connectivity index (χ3v) is 9.91. The molecule has 4 heterocycles. The van der Waals surface area contributed by atoms with E-state index in [2.05, 4.69) is 88.3 Å². The summed E-state index contributed by atoms with van der Waals surface area (Å²) in [6.45, 7) is 10.3. The number of benzene rings is 2. The van der Waals surface area contributed by atoms with Crippen molar-refractivity contribution < 1.29 is 14.6 Å². The van der Waals surface area contributed by atoms with Crippen molar-refractivity contribution in [2.75, 3.05) is 80.2 Å². The number of piperidine rings is 2. The third-order valence-electron chi connectivity index (χ3n) is 9.91. The number of methoxy groups -OCH3 is 1. The van der Waals surface area contributed by atoms with Crippen molar-refractivity contribution in [1.29, 1.82) is 0 Å². The van der Waals surface area contributed by atoms with Crippen molar-refractivity contribution in [3.63, 3.8) is 0 Å². The second-order valence-electron chi connectivity index (χ2n) is 12.9. The van der Waals surface area contributed by atoms with E-state index in [1.165, 1.54) is 31.2 Å². The summed E-state index contributed by atoms with van der Waals surface area (Å²) in [6, 6.07) is 21.2. The fourth-order valence-corrected chi connectivity index (χ4v) is 7.93. The Kier molecular flexibility index (Phi) is 9.28. The fraction of sp³-hybridized carbons (Fsp3) is 0.606. The molecule has 4 saturated heterocycles. The number of esters is 1. The number of hydrogen-bond acceptors (Lipinski definition) is 7. The highest BCUT2D eigenvalue weighted by Crippen LogP contribution is 2.43. The predicted octanol–water partition coefficient (Wildman–Crippen LogP) is 3.05. The maximum Gasteiger partial charge on any atom is 0.314 e. The molecule has 0 spiro atoms. The molecule has 6 rings (SSSR count). The molecule has 40 heavy (non-hydrogen) atoms. The molecular formula is C33H48N4O3. The van der Waals surface area contributed by atoms with Gasteiger partial charge >= 0.3 is 5.97 Å². The molecule has 218 valence electrons. The minimum atomic E-state index is -0.337. The van der Waals surface area contributed by atoms with Gasteiger partial charge in [-0.3, -0.25) is 14.6 Å². The largest absolute Gasteiger partial charge is 0.469 e. The molecule has 1 N–H and O–H groups in total. The van der Waals surface area contributed by atoms with Crippen LogP contribution in [0.15, 0.2) is 60.7 Å². The lowest BCUT2D eigenvalue weighted by Crippen LogP contribution is -2.52. The Morgan fingerprint density at radius 2 is 1.32 bits per heavy atom. The zero-order valence-corrected chi connectivity index (χ0v) is 24.7. The van der Waals surface area contributed by atoms with Crippen LogP contribution in [0.4, 0.5) is 0 Å². The second kappa shape index (κ2) is 12.7. The maximum absolute atomic E-state index is 12.4. The van der Waals surface area contributed by atoms with Gasteiger partial charge in [-0.05, 0) is 63.0 Å². The molecule has 4 aliphatic heterocycles. The summed E-state index contributed by atoms with van der Waals surface area (Å²) in [7, 11) is 5.79. The summed E-state index contributed by atoms with van der Waals surface area (Å²) in [5.41, 5.74) is 2.46. The van der Waals surface area contributed by atoms with E-state index in [1.54, 1.807) is 0 Å². The Hall–Kier alpha value is -2.29. The maximum atomic E-state index is 12.4. The summed E-state index contributed by atoms with van der Waals surface area (Å²) >= 11 is 0. The van der Waals surface area contributed by atoms with Crippen LogP contribution in [0, 0.1) is 22.7 Å². The molecular weight excluding hydrogens is 500 g/mol. The molecule has 4 unspecified atom stereocenters. The van der Waals surface area contributed by atoms with E-state index in [-0.39, 0.29) is 16.8 Å². The lowest BCUT2D eigenvalue weighted by Gasteiger charge is -2.41. The van der Waals surface area contributed by atoms with E-state index in [0.717, 1.165) is 65.3 Å². The van der Waals surface area contributed by atoms with Crippen molar-refractivity contribution in [2.45, 2.75) is 25.9 Å². The summed E-state index contributed by atoms with van der Waals surface area (Å²) < 4.78 is 5.15. The highest BCUT2D eigenvalue weighted by molar-refractivity contribution is 5.78. The molecule has 7 heteroatoms. The molecule has 7 nitrogen and oxygen atoms in total. The summed E-state index contributed by atoms with van der Waals surface area (Å²) in [4.78, 5) is 22.0. The van der Waals surface area contributed by atoms with Crippen molar-refractivity contribution in [3.05, 3.63) is 71.8 Å². The second-order valence-corrected chi connectivity index (χ2v) is 12.9. The van der Waals surface area contributed by atoms with Crippen LogP contribution in [-0.4, -0.2) is 111 Å². The first-order valence-electron chi connectivity index (χ1n) is 14.9. The molecule has 0 aromatic heterocycles. The number of hydrogen-bond donors (Lipinski definition) is 1. The van der Waals surface area contributed by atoms with Crippen molar-refractivity contribution in [2.24, 2.45) is 22.7 Å². The molecule has 0 radical (unpaired) electrons. The fourth-order valence-electron chi connectivity index (χ4n) is 7.93. The molecule has 4 aliphatic rings. The lowest BCUT2D eigenvalue weighted by molar-refractivity contribution is -0.157. The standard InChI is InChI=1S/C17H24N2O2.C16H24N2O/c1-18-9-8-15-11-19(10-14-6-4-3-5-7-14)13-17(15,12-18)16(20)21-2;1-17-8-7-15-10-18(12-16(15,11-17)13-19)9-14-5-3-2-4-6-14/h3-7,15H,8-13H2,1-2H3;2-6,15,19H,7-13H2,1H3. The van der Waals surface area contributed by atoms with E-state index in [4.69, 9.17) is 4.74 Å². The van der Waals surface area contributed by atoms with E-state index < -0.39 is 0 Å². The third kappa shape index (κ3) is 6.29. The van der Waals surface area contributed by atoms with Crippen LogP contribution in [0.3, 0.4) is 0 Å². The van der Waals surface area contributed by atoms with Crippen molar-refractivity contribution >= 4 is 5.97 Å². The average Bonchev–Trinajstić information content (AvgIpc) is 3.51. The monoisotopic (exact) mass is 548 g/mol. The molecule has 0 bridgehead atoms. The summed E-state index contributed by atoms with van der Waals surface area (Å²) in [5.74, 6) is 1.05. The van der Waals surface area contributed by atoms with Gasteiger partial charge in [-0.2, -0.15) is 0 Å². The number of carbonyl (C=O) groups is 1. The normalized spacial score (nSPS) is 31.2. The molecule has 2 aromatic carbocycles. The number of likely N-dealkylation sites (tertiary alicyclic amines) is 4. The van der Waals surface area contributed by atoms with Gasteiger partial charge in [0, 0.05) is 57.8 Å². The number of rotatable bonds is 6. The smallest absolute Gasteiger partial charge is 0.314 e. The van der Waals surface area contributed by atoms with Crippen LogP contribution in [0.1, 0.15) is 24.0 Å². The number of ether oxygens (including phenoxy) is 1. The number of aliphatic hydroxyl groups excluding tert-OH is 1. The van der Waals surface area contributed by atoms with Gasteiger partial charge in [-0.25, -0.2) is 0 Å². The van der Waals surface area contributed by atoms with Gasteiger partial charge in [-0.1, -0.05) is 60.7 Å². The first-order chi connectivity index (χ1) is 19.4. The molecule has 2 aromatic rings. The zero-order valence-electron chi connectivity index (χ0n) is 24.7. The van der Waals surface area contributed by atoms with Gasteiger partial charge in [0.15, 0.2) is 0 Å². The lowest BCUT2D eigenvalue weighted by atomic mass is 9.73. The Bertz CT molecular complexity index is 1100. The van der Waals surface area contributed by atoms with Gasteiger partial charge in [-0.15, -0.1) is 0 Å². The van der Waals surface area contributed by atoms with Crippen LogP contribution in [0.5, 0.6) is 0 Å². The minimum Gasteiger partial charge on any atom is -0.469 e. The highest BCUT2D eigenvalue weighted by atomic mass is 16.5. The van der Waals surface area contributed by atoms with Crippen LogP contribution >= 0.6 is 0 Å². The molecule has 4 fully saturated rings. The Balaban J connectivity index is 0.000000162. The Morgan fingerprint density at radius 1 is 0.800 bits per heavy atom. The molecule has 4 atom stereocenters. The first-order valence-corrected chi connectivity index (χ1v) is 14.9. The Labute approximate surface area is 240 Å². The molecule has 0 amide bonds. The molecule has 0 saturated carbocycles. The first kappa shape index (κ1) is 29.2. The SMILES string of the molecule is CN1CCC2CN(Cc3ccccc3)CC2(CO)C1.COC(=O)C12CN(C)CCC1CN(Cc1ccccc1)C2. The van der Waals surface area contributed by atoms with Crippen LogP contribution in [0.25, 0.3) is 0 Å². The van der Waals surface area contributed by atoms with Crippen molar-refractivity contribution in [3.8, 4) is 0 Å². The summed E-state index contributed by atoms with van der Waals surface area (Å²) in [5, 5.41) is 9.90. The van der Waals surface area contributed by atoms with Gasteiger partial charge in [0.1, 0.15) is 0 Å². The van der Waals surface area contributed by atoms with Gasteiger partial charge < -0.3 is 19.6 Å². The van der Waals surface area contributed by atoms with Crippen molar-refractivity contribution in [1.82, 2.24) is 19.6 Å². The van der Waals surface area contributed by atoms with E-state index in [9.17, 15) is 9.90 Å². The average molecular weight is 549 g/mol. The van der Waals surface area contributed by atoms with E-state index >= 15 is 0 Å². The highest BCUT2D eigenvalue weighted by Gasteiger charge is 2.55. The topological polar surface area (TPSA) is 59.5 Å².